The maximum atomic E-state index is 12.8. The molecule has 0 fully saturated rings. The van der Waals surface area contributed by atoms with Crippen molar-refractivity contribution in [2.75, 3.05) is 0 Å². The van der Waals surface area contributed by atoms with E-state index in [-0.39, 0.29) is 0 Å². The van der Waals surface area contributed by atoms with Gasteiger partial charge in [0.1, 0.15) is 11.5 Å². The fraction of sp³-hybridized carbons (Fsp3) is 0.160. The van der Waals surface area contributed by atoms with E-state index in [4.69, 9.17) is 9.47 Å². The second kappa shape index (κ2) is 7.57. The Morgan fingerprint density at radius 1 is 1.17 bits per heavy atom. The lowest BCUT2D eigenvalue weighted by Gasteiger charge is -2.27. The molecule has 0 aliphatic carbocycles. The van der Waals surface area contributed by atoms with Crippen LogP contribution >= 0.6 is 0 Å². The number of ether oxygens (including phenoxy) is 2. The summed E-state index contributed by atoms with van der Waals surface area (Å²) < 4.78 is 11.6. The highest BCUT2D eigenvalue weighted by Crippen LogP contribution is 2.47. The van der Waals surface area contributed by atoms with Crippen molar-refractivity contribution >= 4 is 12.0 Å². The second-order valence-corrected chi connectivity index (χ2v) is 7.10. The van der Waals surface area contributed by atoms with Gasteiger partial charge in [0.2, 0.25) is 6.29 Å². The zero-order chi connectivity index (χ0) is 20.5. The summed E-state index contributed by atoms with van der Waals surface area (Å²) in [6.07, 6.45) is 1.41. The lowest BCUT2D eigenvalue weighted by atomic mass is 9.92. The third kappa shape index (κ3) is 3.55. The molecule has 1 atom stereocenters. The van der Waals surface area contributed by atoms with Crippen molar-refractivity contribution in [2.45, 2.75) is 26.6 Å². The van der Waals surface area contributed by atoms with Crippen LogP contribution in [0.4, 0.5) is 0 Å². The van der Waals surface area contributed by atoms with Gasteiger partial charge < -0.3 is 14.6 Å². The molecule has 4 heteroatoms. The van der Waals surface area contributed by atoms with E-state index in [0.29, 0.717) is 28.2 Å². The molecular weight excluding hydrogens is 364 g/mol. The summed E-state index contributed by atoms with van der Waals surface area (Å²) in [5.74, 6) is 0.493. The van der Waals surface area contributed by atoms with Crippen LogP contribution in [0.3, 0.4) is 0 Å². The molecule has 1 N–H and O–H groups in total. The van der Waals surface area contributed by atoms with Gasteiger partial charge in [-0.05, 0) is 54.3 Å². The quantitative estimate of drug-likeness (QED) is 0.477. The van der Waals surface area contributed by atoms with Gasteiger partial charge in [-0.3, -0.25) is 0 Å². The second-order valence-electron chi connectivity index (χ2n) is 7.10. The Kier molecular flexibility index (Phi) is 4.95. The van der Waals surface area contributed by atoms with Gasteiger partial charge in [-0.15, -0.1) is 0 Å². The van der Waals surface area contributed by atoms with E-state index in [1.54, 1.807) is 18.2 Å². The molecule has 0 bridgehead atoms. The summed E-state index contributed by atoms with van der Waals surface area (Å²) in [7, 11) is 0. The first-order valence-electron chi connectivity index (χ1n) is 9.57. The Morgan fingerprint density at radius 3 is 2.62 bits per heavy atom. The average Bonchev–Trinajstić information content (AvgIpc) is 2.73. The van der Waals surface area contributed by atoms with Gasteiger partial charge in [-0.25, -0.2) is 4.79 Å². The van der Waals surface area contributed by atoms with Crippen LogP contribution in [-0.4, -0.2) is 11.1 Å². The van der Waals surface area contributed by atoms with E-state index in [9.17, 15) is 9.90 Å². The van der Waals surface area contributed by atoms with Crippen LogP contribution in [0.25, 0.3) is 17.2 Å². The third-order valence-electron chi connectivity index (χ3n) is 5.10. The number of rotatable bonds is 4. The molecule has 0 amide bonds. The number of fused-ring (bicyclic) bond motifs is 3. The smallest absolute Gasteiger partial charge is 0.343 e. The van der Waals surface area contributed by atoms with Gasteiger partial charge in [-0.2, -0.15) is 0 Å². The van der Waals surface area contributed by atoms with Crippen molar-refractivity contribution in [3.8, 4) is 22.6 Å². The third-order valence-corrected chi connectivity index (χ3v) is 5.10. The van der Waals surface area contributed by atoms with Crippen LogP contribution in [0, 0.1) is 6.92 Å². The van der Waals surface area contributed by atoms with Crippen LogP contribution < -0.4 is 9.47 Å². The molecule has 3 aromatic carbocycles. The van der Waals surface area contributed by atoms with Crippen LogP contribution in [0.1, 0.15) is 45.8 Å². The first-order chi connectivity index (χ1) is 14.0. The summed E-state index contributed by atoms with van der Waals surface area (Å²) in [4.78, 5) is 12.8. The van der Waals surface area contributed by atoms with Crippen LogP contribution in [0.15, 0.2) is 61.2 Å². The number of aryl methyl sites for hydroxylation is 2. The Morgan fingerprint density at radius 2 is 1.93 bits per heavy atom. The number of carbonyl (C=O) groups is 1. The number of benzene rings is 3. The van der Waals surface area contributed by atoms with E-state index < -0.39 is 12.3 Å². The highest BCUT2D eigenvalue weighted by atomic mass is 16.6. The molecule has 0 radical (unpaired) electrons. The minimum absolute atomic E-state index is 0.427. The predicted octanol–water partition coefficient (Wildman–Crippen LogP) is 5.47. The molecule has 1 aliphatic heterocycles. The van der Waals surface area contributed by atoms with Crippen molar-refractivity contribution < 1.29 is 19.4 Å². The monoisotopic (exact) mass is 386 g/mol. The first-order valence-corrected chi connectivity index (χ1v) is 9.57. The molecule has 4 nitrogen and oxygen atoms in total. The van der Waals surface area contributed by atoms with E-state index in [1.165, 1.54) is 0 Å². The van der Waals surface area contributed by atoms with Crippen molar-refractivity contribution in [3.63, 3.8) is 0 Å². The van der Waals surface area contributed by atoms with Gasteiger partial charge in [0.25, 0.3) is 0 Å². The van der Waals surface area contributed by atoms with E-state index in [1.807, 2.05) is 56.3 Å². The molecular formula is C25H22O4. The summed E-state index contributed by atoms with van der Waals surface area (Å²) in [6, 6.07) is 16.6. The van der Waals surface area contributed by atoms with Crippen molar-refractivity contribution in [2.24, 2.45) is 0 Å². The minimum atomic E-state index is -1.06. The Balaban J connectivity index is 1.80. The van der Waals surface area contributed by atoms with Crippen LogP contribution in [0.5, 0.6) is 11.5 Å². The Labute approximate surface area is 170 Å². The molecule has 0 spiro atoms. The minimum Gasteiger partial charge on any atom is -0.460 e. The highest BCUT2D eigenvalue weighted by molar-refractivity contribution is 5.93. The first kappa shape index (κ1) is 19.0. The fourth-order valence-corrected chi connectivity index (χ4v) is 3.49. The zero-order valence-electron chi connectivity index (χ0n) is 16.4. The molecule has 0 aromatic heterocycles. The maximum absolute atomic E-state index is 12.8. The Hall–Kier alpha value is -3.37. The van der Waals surface area contributed by atoms with Gasteiger partial charge >= 0.3 is 5.97 Å². The zero-order valence-corrected chi connectivity index (χ0v) is 16.4. The summed E-state index contributed by atoms with van der Waals surface area (Å²) in [6.45, 7) is 7.72. The number of hydrogen-bond donors (Lipinski definition) is 1. The van der Waals surface area contributed by atoms with Crippen molar-refractivity contribution in [1.29, 1.82) is 0 Å². The highest BCUT2D eigenvalue weighted by Gasteiger charge is 2.29. The number of hydrogen-bond acceptors (Lipinski definition) is 4. The van der Waals surface area contributed by atoms with Gasteiger partial charge in [0, 0.05) is 5.56 Å². The number of carbonyl (C=O) groups excluding carboxylic acids is 1. The normalized spacial score (nSPS) is 14.4. The molecule has 29 heavy (non-hydrogen) atoms. The average molecular weight is 386 g/mol. The molecule has 1 unspecified atom stereocenters. The van der Waals surface area contributed by atoms with E-state index in [2.05, 4.69) is 6.58 Å². The lowest BCUT2D eigenvalue weighted by molar-refractivity contribution is -0.0214. The standard InChI is InChI=1S/C25H22O4/c1-4-16-7-9-18(10-8-16)24(26)28-21-13-17(5-2)14-22-23(21)20-12-15(3)6-11-19(20)25(27)29-22/h4,6-14,25,27H,1,5H2,2-3H3. The van der Waals surface area contributed by atoms with Crippen molar-refractivity contribution in [1.82, 2.24) is 0 Å². The Bertz CT molecular complexity index is 1100. The number of aliphatic hydroxyl groups excluding tert-OH is 1. The fourth-order valence-electron chi connectivity index (χ4n) is 3.49. The lowest BCUT2D eigenvalue weighted by Crippen LogP contribution is -2.16. The SMILES string of the molecule is C=Cc1ccc(C(=O)Oc2cc(CC)cc3c2-c2cc(C)ccc2C(O)O3)cc1. The maximum Gasteiger partial charge on any atom is 0.343 e. The summed E-state index contributed by atoms with van der Waals surface area (Å²) in [5.41, 5.74) is 5.53. The van der Waals surface area contributed by atoms with Gasteiger partial charge in [-0.1, -0.05) is 55.5 Å². The molecule has 4 rings (SSSR count). The molecule has 1 aliphatic rings. The molecule has 0 saturated heterocycles. The number of esters is 1. The molecule has 3 aromatic rings. The molecule has 146 valence electrons. The van der Waals surface area contributed by atoms with E-state index >= 15 is 0 Å². The topological polar surface area (TPSA) is 55.8 Å². The summed E-state index contributed by atoms with van der Waals surface area (Å²) >= 11 is 0. The molecule has 1 heterocycles. The van der Waals surface area contributed by atoms with Gasteiger partial charge in [0.05, 0.1) is 11.1 Å². The van der Waals surface area contributed by atoms with Gasteiger partial charge in [0.15, 0.2) is 0 Å². The molecule has 0 saturated carbocycles. The largest absolute Gasteiger partial charge is 0.460 e. The van der Waals surface area contributed by atoms with Crippen LogP contribution in [-0.2, 0) is 6.42 Å². The van der Waals surface area contributed by atoms with E-state index in [0.717, 1.165) is 28.7 Å². The predicted molar refractivity (Wildman–Crippen MR) is 113 cm³/mol. The number of aliphatic hydroxyl groups is 1. The van der Waals surface area contributed by atoms with Crippen molar-refractivity contribution in [3.05, 3.63) is 89.0 Å². The summed E-state index contributed by atoms with van der Waals surface area (Å²) in [5, 5.41) is 10.4. The van der Waals surface area contributed by atoms with Crippen LogP contribution in [0.2, 0.25) is 0 Å².